The lowest BCUT2D eigenvalue weighted by atomic mass is 9.96. The summed E-state index contributed by atoms with van der Waals surface area (Å²) < 4.78 is 4.59. The second-order valence-electron chi connectivity index (χ2n) is 6.69. The maximum Gasteiger partial charge on any atom is 0.305 e. The third-order valence-electron chi connectivity index (χ3n) is 4.89. The van der Waals surface area contributed by atoms with Gasteiger partial charge in [0.15, 0.2) is 5.78 Å². The average molecular weight is 344 g/mol. The summed E-state index contributed by atoms with van der Waals surface area (Å²) in [6, 6.07) is 0. The monoisotopic (exact) mass is 344 g/mol. The van der Waals surface area contributed by atoms with Gasteiger partial charge < -0.3 is 9.84 Å². The highest BCUT2D eigenvalue weighted by Crippen LogP contribution is 2.29. The number of hydrogen-bond donors (Lipinski definition) is 1. The molecule has 0 aromatic heterocycles. The summed E-state index contributed by atoms with van der Waals surface area (Å²) in [7, 11) is 1.39. The molecule has 2 unspecified atom stereocenters. The number of unbranched alkanes of at least 4 members (excludes halogenated alkanes) is 1. The van der Waals surface area contributed by atoms with Gasteiger partial charge in [0, 0.05) is 17.9 Å². The molecule has 2 atom stereocenters. The van der Waals surface area contributed by atoms with Gasteiger partial charge in [0.1, 0.15) is 0 Å². The number of rotatable bonds is 8. The van der Waals surface area contributed by atoms with Crippen LogP contribution in [0.5, 0.6) is 0 Å². The molecule has 0 spiro atoms. The molecule has 2 rings (SSSR count). The molecule has 0 bridgehead atoms. The minimum Gasteiger partial charge on any atom is -0.469 e. The van der Waals surface area contributed by atoms with Gasteiger partial charge >= 0.3 is 5.97 Å². The van der Waals surface area contributed by atoms with Crippen molar-refractivity contribution in [1.82, 2.24) is 0 Å². The van der Waals surface area contributed by atoms with Crippen LogP contribution >= 0.6 is 0 Å². The quantitative estimate of drug-likeness (QED) is 0.316. The van der Waals surface area contributed by atoms with Gasteiger partial charge in [0.25, 0.3) is 0 Å². The Kier molecular flexibility index (Phi) is 7.86. The Hall–Kier alpha value is -1.94. The van der Waals surface area contributed by atoms with Gasteiger partial charge in [-0.3, -0.25) is 9.59 Å². The zero-order valence-corrected chi connectivity index (χ0v) is 14.9. The highest BCUT2D eigenvalue weighted by Gasteiger charge is 2.23. The molecule has 1 N–H and O–H groups in total. The van der Waals surface area contributed by atoms with Crippen LogP contribution in [-0.2, 0) is 14.3 Å². The molecular formula is C21H28O4. The summed E-state index contributed by atoms with van der Waals surface area (Å²) in [6.45, 7) is 0. The van der Waals surface area contributed by atoms with E-state index in [-0.39, 0.29) is 17.7 Å². The molecule has 1 fully saturated rings. The molecule has 2 aliphatic rings. The molecule has 136 valence electrons. The van der Waals surface area contributed by atoms with Gasteiger partial charge in [0.05, 0.1) is 13.2 Å². The number of ether oxygens (including phenoxy) is 1. The number of allylic oxidation sites excluding steroid dienone is 7. The Morgan fingerprint density at radius 1 is 1.40 bits per heavy atom. The van der Waals surface area contributed by atoms with Crippen LogP contribution in [0.1, 0.15) is 44.9 Å². The van der Waals surface area contributed by atoms with E-state index < -0.39 is 6.10 Å². The molecule has 0 aliphatic heterocycles. The Balaban J connectivity index is 1.85. The number of methoxy groups -OCH3 is 1. The van der Waals surface area contributed by atoms with Crippen LogP contribution in [0.15, 0.2) is 48.1 Å². The molecule has 4 heteroatoms. The lowest BCUT2D eigenvalue weighted by molar-refractivity contribution is -0.140. The number of ketones is 1. The van der Waals surface area contributed by atoms with Gasteiger partial charge in [-0.2, -0.15) is 0 Å². The van der Waals surface area contributed by atoms with E-state index in [1.54, 1.807) is 6.08 Å². The first-order chi connectivity index (χ1) is 12.1. The van der Waals surface area contributed by atoms with E-state index >= 15 is 0 Å². The average Bonchev–Trinajstić information content (AvgIpc) is 3.26. The van der Waals surface area contributed by atoms with Crippen LogP contribution in [0.3, 0.4) is 0 Å². The van der Waals surface area contributed by atoms with Crippen LogP contribution in [0, 0.1) is 11.8 Å². The van der Waals surface area contributed by atoms with Crippen molar-refractivity contribution in [3.8, 4) is 0 Å². The van der Waals surface area contributed by atoms with Gasteiger partial charge in [-0.1, -0.05) is 49.3 Å². The molecule has 0 saturated heterocycles. The first-order valence-corrected chi connectivity index (χ1v) is 9.14. The molecule has 0 heterocycles. The number of carbonyl (C=O) groups is 2. The van der Waals surface area contributed by atoms with Gasteiger partial charge in [0.2, 0.25) is 0 Å². The van der Waals surface area contributed by atoms with Crippen molar-refractivity contribution in [2.45, 2.75) is 51.0 Å². The van der Waals surface area contributed by atoms with Crippen LogP contribution in [-0.4, -0.2) is 30.1 Å². The molecule has 1 saturated carbocycles. The molecule has 0 amide bonds. The smallest absolute Gasteiger partial charge is 0.305 e. The van der Waals surface area contributed by atoms with E-state index in [9.17, 15) is 14.7 Å². The summed E-state index contributed by atoms with van der Waals surface area (Å²) in [6.07, 6.45) is 18.9. The summed E-state index contributed by atoms with van der Waals surface area (Å²) in [5.41, 5.74) is 0.721. The van der Waals surface area contributed by atoms with Crippen molar-refractivity contribution in [3.05, 3.63) is 48.1 Å². The largest absolute Gasteiger partial charge is 0.469 e. The number of carbonyl (C=O) groups excluding carboxylic acids is 2. The molecule has 4 nitrogen and oxygen atoms in total. The maximum absolute atomic E-state index is 12.0. The summed E-state index contributed by atoms with van der Waals surface area (Å²) >= 11 is 0. The topological polar surface area (TPSA) is 63.6 Å². The number of esters is 1. The van der Waals surface area contributed by atoms with E-state index in [0.29, 0.717) is 12.3 Å². The lowest BCUT2D eigenvalue weighted by Gasteiger charge is -2.14. The number of aliphatic hydroxyl groups excluding tert-OH is 1. The van der Waals surface area contributed by atoms with E-state index in [1.165, 1.54) is 20.0 Å². The van der Waals surface area contributed by atoms with Gasteiger partial charge in [-0.05, 0) is 37.7 Å². The lowest BCUT2D eigenvalue weighted by Crippen LogP contribution is -2.14. The van der Waals surface area contributed by atoms with Crippen LogP contribution < -0.4 is 0 Å². The normalized spacial score (nSPS) is 24.2. The van der Waals surface area contributed by atoms with E-state index in [2.05, 4.69) is 4.74 Å². The molecule has 0 aromatic rings. The third kappa shape index (κ3) is 6.13. The molecule has 0 radical (unpaired) electrons. The van der Waals surface area contributed by atoms with Crippen LogP contribution in [0.4, 0.5) is 0 Å². The summed E-state index contributed by atoms with van der Waals surface area (Å²) in [5.74, 6) is 0.111. The highest BCUT2D eigenvalue weighted by atomic mass is 16.5. The van der Waals surface area contributed by atoms with E-state index in [0.717, 1.165) is 31.3 Å². The fourth-order valence-corrected chi connectivity index (χ4v) is 3.34. The Morgan fingerprint density at radius 3 is 2.88 bits per heavy atom. The van der Waals surface area contributed by atoms with Gasteiger partial charge in [-0.25, -0.2) is 0 Å². The zero-order valence-electron chi connectivity index (χ0n) is 14.9. The fraction of sp³-hybridized carbons (Fsp3) is 0.524. The van der Waals surface area contributed by atoms with Crippen molar-refractivity contribution in [3.63, 3.8) is 0 Å². The number of hydrogen-bond acceptors (Lipinski definition) is 4. The first kappa shape index (κ1) is 19.4. The minimum absolute atomic E-state index is 0.0178. The van der Waals surface area contributed by atoms with Crippen molar-refractivity contribution >= 4 is 11.8 Å². The van der Waals surface area contributed by atoms with E-state index in [4.69, 9.17) is 0 Å². The molecule has 0 aromatic carbocycles. The maximum atomic E-state index is 12.0. The second-order valence-corrected chi connectivity index (χ2v) is 6.69. The zero-order chi connectivity index (χ0) is 18.1. The summed E-state index contributed by atoms with van der Waals surface area (Å²) in [5, 5.41) is 10.2. The molecule has 2 aliphatic carbocycles. The molecular weight excluding hydrogens is 316 g/mol. The fourth-order valence-electron chi connectivity index (χ4n) is 3.34. The minimum atomic E-state index is -0.415. The Bertz CT molecular complexity index is 577. The van der Waals surface area contributed by atoms with Crippen LogP contribution in [0.25, 0.3) is 0 Å². The van der Waals surface area contributed by atoms with E-state index in [1.807, 2.05) is 36.5 Å². The highest BCUT2D eigenvalue weighted by molar-refractivity contribution is 6.07. The number of aliphatic hydroxyl groups is 1. The van der Waals surface area contributed by atoms with Gasteiger partial charge in [-0.15, -0.1) is 0 Å². The van der Waals surface area contributed by atoms with Crippen molar-refractivity contribution in [2.24, 2.45) is 11.8 Å². The predicted molar refractivity (Wildman–Crippen MR) is 97.8 cm³/mol. The van der Waals surface area contributed by atoms with Crippen molar-refractivity contribution in [2.75, 3.05) is 7.11 Å². The second kappa shape index (κ2) is 10.1. The Labute approximate surface area is 149 Å². The Morgan fingerprint density at radius 2 is 2.16 bits per heavy atom. The summed E-state index contributed by atoms with van der Waals surface area (Å²) in [4.78, 5) is 23.0. The first-order valence-electron chi connectivity index (χ1n) is 9.14. The van der Waals surface area contributed by atoms with Crippen LogP contribution in [0.2, 0.25) is 0 Å². The third-order valence-corrected chi connectivity index (χ3v) is 4.89. The van der Waals surface area contributed by atoms with Crippen molar-refractivity contribution in [1.29, 1.82) is 0 Å². The predicted octanol–water partition coefficient (Wildman–Crippen LogP) is 3.67. The standard InChI is InChI=1S/C21H28O4/c1-25-21(24)11-5-3-2-4-10-18-16(13-15-20(18)23)12-14-19(22)17-8-6-7-9-17/h2,4,10,12-17,19,22H,3,5-9,11H2,1H3. The SMILES string of the molecule is COC(=O)CCCC=CC=C1C(=O)C=CC1C=CC(O)C1CCCC1. The van der Waals surface area contributed by atoms with Crippen molar-refractivity contribution < 1.29 is 19.4 Å². The molecule has 25 heavy (non-hydrogen) atoms.